The van der Waals surface area contributed by atoms with Crippen molar-refractivity contribution in [3.63, 3.8) is 0 Å². The van der Waals surface area contributed by atoms with Crippen LogP contribution in [0.4, 0.5) is 22.7 Å². The molecule has 0 radical (unpaired) electrons. The number of para-hydroxylation sites is 3. The van der Waals surface area contributed by atoms with E-state index in [4.69, 9.17) is 9.72 Å². The molecule has 0 saturated heterocycles. The summed E-state index contributed by atoms with van der Waals surface area (Å²) in [4.78, 5) is 10.1. The van der Waals surface area contributed by atoms with Gasteiger partial charge in [0, 0.05) is 78.0 Å². The molecule has 0 N–H and O–H groups in total. The summed E-state index contributed by atoms with van der Waals surface area (Å²) in [6.07, 6.45) is 2.09. The smallest absolute Gasteiger partial charge is 0.180 e. The van der Waals surface area contributed by atoms with Gasteiger partial charge in [0.25, 0.3) is 0 Å². The Morgan fingerprint density at radius 3 is 1.60 bits per heavy atom. The van der Waals surface area contributed by atoms with E-state index in [1.54, 1.807) is 0 Å². The minimum absolute atomic E-state index is 0. The van der Waals surface area contributed by atoms with Gasteiger partial charge in [0.05, 0.1) is 0 Å². The van der Waals surface area contributed by atoms with Crippen molar-refractivity contribution in [2.45, 2.75) is 105 Å². The second-order valence-electron chi connectivity index (χ2n) is 29.7. The minimum Gasteiger partial charge on any atom is -0.509 e. The molecule has 0 amide bonds. The molecule has 11 aromatic carbocycles. The number of aromatic nitrogens is 2. The molecule has 474 valence electrons. The Bertz CT molecular complexity index is 4990. The number of hydrogen-bond acceptors (Lipinski definition) is 4. The van der Waals surface area contributed by atoms with Crippen molar-refractivity contribution in [1.82, 2.24) is 9.55 Å². The third-order valence-electron chi connectivity index (χ3n) is 19.4. The van der Waals surface area contributed by atoms with E-state index in [-0.39, 0.29) is 42.7 Å². The zero-order valence-corrected chi connectivity index (χ0v) is 59.6. The average Bonchev–Trinajstić information content (AvgIpc) is 1.52. The van der Waals surface area contributed by atoms with E-state index >= 15 is 0 Å². The maximum absolute atomic E-state index is 7.10. The molecule has 0 spiro atoms. The second kappa shape index (κ2) is 23.8. The molecule has 0 atom stereocenters. The van der Waals surface area contributed by atoms with Crippen LogP contribution >= 0.6 is 0 Å². The summed E-state index contributed by atoms with van der Waals surface area (Å²) < 4.78 is 9.44. The predicted octanol–water partition coefficient (Wildman–Crippen LogP) is 20.5. The number of rotatable bonds is 10. The molecule has 7 heteroatoms. The van der Waals surface area contributed by atoms with Crippen molar-refractivity contribution in [2.75, 3.05) is 9.80 Å². The third-order valence-corrected chi connectivity index (χ3v) is 24.3. The first kappa shape index (κ1) is 63.1. The largest absolute Gasteiger partial charge is 0.509 e. The number of fused-ring (bicyclic) bond motifs is 8. The molecular weight excluding hydrogens is 1350 g/mol. The fourth-order valence-corrected chi connectivity index (χ4v) is 19.8. The van der Waals surface area contributed by atoms with Gasteiger partial charge in [-0.2, -0.15) is 12.1 Å². The quantitative estimate of drug-likeness (QED) is 0.101. The minimum atomic E-state index is -2.85. The van der Waals surface area contributed by atoms with Crippen LogP contribution in [0, 0.1) is 18.8 Å². The number of pyridine rings is 1. The molecular formula is C88H79N4OPtSi-3. The molecule has 0 aliphatic carbocycles. The molecule has 95 heavy (non-hydrogen) atoms. The van der Waals surface area contributed by atoms with Crippen LogP contribution in [0.1, 0.15) is 105 Å². The fourth-order valence-electron chi connectivity index (χ4n) is 14.6. The maximum atomic E-state index is 7.10. The summed E-state index contributed by atoms with van der Waals surface area (Å²) in [6, 6.07) is 99.5. The van der Waals surface area contributed by atoms with Crippen LogP contribution in [-0.4, -0.2) is 17.6 Å². The van der Waals surface area contributed by atoms with Gasteiger partial charge in [-0.05, 0) is 122 Å². The topological polar surface area (TPSA) is 33.5 Å². The maximum Gasteiger partial charge on any atom is 0.180 e. The van der Waals surface area contributed by atoms with Crippen LogP contribution in [0.3, 0.4) is 0 Å². The molecule has 15 rings (SSSR count). The van der Waals surface area contributed by atoms with Crippen LogP contribution < -0.4 is 35.3 Å². The summed E-state index contributed by atoms with van der Waals surface area (Å²) in [7, 11) is -2.85. The van der Waals surface area contributed by atoms with E-state index in [1.165, 1.54) is 65.1 Å². The van der Waals surface area contributed by atoms with E-state index in [9.17, 15) is 0 Å². The van der Waals surface area contributed by atoms with Gasteiger partial charge < -0.3 is 19.1 Å². The Labute approximate surface area is 577 Å². The van der Waals surface area contributed by atoms with Crippen LogP contribution in [0.25, 0.3) is 72.1 Å². The molecule has 2 aliphatic heterocycles. The van der Waals surface area contributed by atoms with Crippen molar-refractivity contribution in [2.24, 2.45) is 0 Å². The molecule has 2 aliphatic rings. The zero-order valence-electron chi connectivity index (χ0n) is 56.3. The monoisotopic (exact) mass is 1430 g/mol. The van der Waals surface area contributed by atoms with E-state index in [2.05, 4.69) is 365 Å². The number of ether oxygens (including phenoxy) is 1. The number of anilines is 4. The van der Waals surface area contributed by atoms with Crippen molar-refractivity contribution < 1.29 is 25.8 Å². The fraction of sp³-hybridized carbons (Fsp3) is 0.182. The van der Waals surface area contributed by atoms with E-state index < -0.39 is 8.07 Å². The summed E-state index contributed by atoms with van der Waals surface area (Å²) in [5, 5.41) is 7.76. The molecule has 0 saturated carbocycles. The van der Waals surface area contributed by atoms with Gasteiger partial charge in [0.1, 0.15) is 5.82 Å². The first-order valence-corrected chi connectivity index (χ1v) is 35.1. The molecule has 0 fully saturated rings. The van der Waals surface area contributed by atoms with Gasteiger partial charge in [-0.25, -0.2) is 4.98 Å². The van der Waals surface area contributed by atoms with Gasteiger partial charge in [0.15, 0.2) is 8.07 Å². The van der Waals surface area contributed by atoms with Gasteiger partial charge in [-0.3, -0.25) is 0 Å². The second-order valence-corrected chi connectivity index (χ2v) is 33.4. The molecule has 2 aromatic heterocycles. The van der Waals surface area contributed by atoms with Crippen molar-refractivity contribution in [3.8, 4) is 61.8 Å². The van der Waals surface area contributed by atoms with Crippen LogP contribution in [0.15, 0.2) is 255 Å². The molecule has 0 unspecified atom stereocenters. The normalized spacial score (nSPS) is 13.6. The number of hydrogen-bond donors (Lipinski definition) is 0. The molecule has 4 heterocycles. The number of benzene rings is 11. The molecule has 13 aromatic rings. The van der Waals surface area contributed by atoms with Gasteiger partial charge >= 0.3 is 0 Å². The summed E-state index contributed by atoms with van der Waals surface area (Å²) in [5.41, 5.74) is 20.3. The van der Waals surface area contributed by atoms with E-state index in [0.29, 0.717) is 11.5 Å². The van der Waals surface area contributed by atoms with Crippen LogP contribution in [-0.2, 0) is 42.7 Å². The Balaban J connectivity index is 0.00000778. The SMILES string of the molecule is CC(C)(C)c1ccc(-c2cnc(-n3c4[c-]c(Oc5[c-]c(N6[CH-]N(c7c(-c8ccccc8)cccc7-c7cc(C(C)(C)C)cc(C(C)(C)C)c7)c7ccccc76)ccc5)ccc4c4c5c(ccc43)[Si](c3ccccc3)(c3ccccc3)c3ccccc3-5)cc2C(C)(C)C)cc1.[Pt]. The van der Waals surface area contributed by atoms with Crippen molar-refractivity contribution in [3.05, 3.63) is 296 Å². The first-order valence-electron chi connectivity index (χ1n) is 33.1. The van der Waals surface area contributed by atoms with Crippen molar-refractivity contribution >= 4 is 73.4 Å². The molecule has 0 bridgehead atoms. The first-order chi connectivity index (χ1) is 45.1. The van der Waals surface area contributed by atoms with Gasteiger partial charge in [0.2, 0.25) is 0 Å². The van der Waals surface area contributed by atoms with Crippen molar-refractivity contribution in [1.29, 1.82) is 0 Å². The Hall–Kier alpha value is -9.32. The number of nitrogens with zero attached hydrogens (tertiary/aromatic N) is 4. The molecule has 5 nitrogen and oxygen atoms in total. The van der Waals surface area contributed by atoms with Crippen LogP contribution in [0.5, 0.6) is 11.5 Å². The van der Waals surface area contributed by atoms with Crippen LogP contribution in [0.2, 0.25) is 0 Å². The Morgan fingerprint density at radius 2 is 0.968 bits per heavy atom. The van der Waals surface area contributed by atoms with Gasteiger partial charge in [-0.15, -0.1) is 48.1 Å². The Kier molecular flexibility index (Phi) is 15.8. The Morgan fingerprint density at radius 1 is 0.421 bits per heavy atom. The third kappa shape index (κ3) is 11.0. The standard InChI is InChI=1S/C88H79N4OSi.Pt/c1-85(2,3)61-44-42-59(43-45-61)73-56-89-81(55-74(73)88(10,11)12)92-77-48-49-80-83(72-36-22-25-41-79(72)94(80,67-32-18-14-19-33-67)68-34-20-15-21-35-68)82(77)71-47-46-66(54-78(71)92)93-65-31-26-30-64(53-65)90-57-91(76-40-24-23-39-75(76)90)84-69(58-28-16-13-17-29-58)37-27-38-70(84)60-50-62(86(4,5)6)52-63(51-60)87(7,8)9;/h13-52,55-57H,1-12H3;/q-3;. The van der Waals surface area contributed by atoms with Gasteiger partial charge in [-0.1, -0.05) is 283 Å². The summed E-state index contributed by atoms with van der Waals surface area (Å²) >= 11 is 0. The predicted molar refractivity (Wildman–Crippen MR) is 398 cm³/mol. The zero-order chi connectivity index (χ0) is 65.1. The average molecular weight is 1430 g/mol. The summed E-state index contributed by atoms with van der Waals surface area (Å²) in [5.74, 6) is 1.97. The van der Waals surface area contributed by atoms with E-state index in [0.717, 1.165) is 72.8 Å². The summed E-state index contributed by atoms with van der Waals surface area (Å²) in [6.45, 7) is 29.8. The van der Waals surface area contributed by atoms with E-state index in [1.807, 2.05) is 6.07 Å².